The van der Waals surface area contributed by atoms with Crippen LogP contribution in [0.1, 0.15) is 16.7 Å². The van der Waals surface area contributed by atoms with Crippen molar-refractivity contribution >= 4 is 13.3 Å². The SMILES string of the molecule is C[Si](C)(CN1C[C@H](OCc2ccccc2)[C@@H](OCc2ccccc2)[C@H](O)[C@H]1COCc1ccccc1)c1ccccc1. The summed E-state index contributed by atoms with van der Waals surface area (Å²) in [7, 11) is -1.89. The van der Waals surface area contributed by atoms with Gasteiger partial charge in [-0.05, 0) is 22.9 Å². The van der Waals surface area contributed by atoms with Gasteiger partial charge in [0.05, 0.1) is 46.6 Å². The van der Waals surface area contributed by atoms with E-state index in [4.69, 9.17) is 14.2 Å². The molecular formula is C36H43NO4Si. The molecule has 4 atom stereocenters. The van der Waals surface area contributed by atoms with E-state index >= 15 is 0 Å². The highest BCUT2D eigenvalue weighted by Gasteiger charge is 2.46. The van der Waals surface area contributed by atoms with Crippen molar-refractivity contribution in [1.82, 2.24) is 4.90 Å². The molecule has 4 aromatic carbocycles. The Hall–Kier alpha value is -3.10. The molecule has 1 N–H and O–H groups in total. The number of aliphatic hydroxyl groups is 1. The summed E-state index contributed by atoms with van der Waals surface area (Å²) in [4.78, 5) is 2.41. The molecule has 4 aromatic rings. The Balaban J connectivity index is 1.38. The molecule has 0 aromatic heterocycles. The van der Waals surface area contributed by atoms with E-state index < -0.39 is 20.3 Å². The van der Waals surface area contributed by atoms with E-state index in [1.54, 1.807) is 0 Å². The van der Waals surface area contributed by atoms with Crippen LogP contribution in [0, 0.1) is 0 Å². The van der Waals surface area contributed by atoms with Crippen LogP contribution in [0.2, 0.25) is 13.1 Å². The van der Waals surface area contributed by atoms with Crippen LogP contribution in [0.15, 0.2) is 121 Å². The first kappa shape index (κ1) is 30.4. The summed E-state index contributed by atoms with van der Waals surface area (Å²) in [5, 5.41) is 13.4. The van der Waals surface area contributed by atoms with Crippen LogP contribution in [-0.4, -0.2) is 61.8 Å². The second kappa shape index (κ2) is 14.9. The maximum Gasteiger partial charge on any atom is 0.113 e. The summed E-state index contributed by atoms with van der Waals surface area (Å²) >= 11 is 0. The first-order valence-corrected chi connectivity index (χ1v) is 18.1. The zero-order chi connectivity index (χ0) is 29.2. The highest BCUT2D eigenvalue weighted by Crippen LogP contribution is 2.27. The van der Waals surface area contributed by atoms with E-state index in [9.17, 15) is 5.11 Å². The van der Waals surface area contributed by atoms with Crippen LogP contribution in [0.3, 0.4) is 0 Å². The van der Waals surface area contributed by atoms with Crippen LogP contribution in [-0.2, 0) is 34.0 Å². The van der Waals surface area contributed by atoms with Gasteiger partial charge in [0, 0.05) is 6.54 Å². The summed E-state index contributed by atoms with van der Waals surface area (Å²) < 4.78 is 19.3. The molecule has 0 radical (unpaired) electrons. The Morgan fingerprint density at radius 2 is 1.14 bits per heavy atom. The van der Waals surface area contributed by atoms with Gasteiger partial charge in [-0.3, -0.25) is 4.90 Å². The molecule has 5 rings (SSSR count). The maximum absolute atomic E-state index is 12.0. The van der Waals surface area contributed by atoms with Crippen molar-refractivity contribution in [2.45, 2.75) is 57.3 Å². The van der Waals surface area contributed by atoms with Crippen LogP contribution in [0.25, 0.3) is 0 Å². The first-order valence-electron chi connectivity index (χ1n) is 14.9. The van der Waals surface area contributed by atoms with Gasteiger partial charge in [0.2, 0.25) is 0 Å². The number of likely N-dealkylation sites (tertiary alicyclic amines) is 1. The monoisotopic (exact) mass is 581 g/mol. The molecule has 0 aliphatic carbocycles. The second-order valence-corrected chi connectivity index (χ2v) is 16.5. The van der Waals surface area contributed by atoms with Crippen molar-refractivity contribution in [1.29, 1.82) is 0 Å². The minimum atomic E-state index is -1.89. The van der Waals surface area contributed by atoms with Crippen molar-refractivity contribution < 1.29 is 19.3 Å². The molecule has 1 fully saturated rings. The van der Waals surface area contributed by atoms with E-state index in [2.05, 4.69) is 84.7 Å². The largest absolute Gasteiger partial charge is 0.389 e. The number of rotatable bonds is 13. The predicted molar refractivity (Wildman–Crippen MR) is 171 cm³/mol. The van der Waals surface area contributed by atoms with Crippen molar-refractivity contribution in [3.8, 4) is 0 Å². The Bertz CT molecular complexity index is 1320. The lowest BCUT2D eigenvalue weighted by molar-refractivity contribution is -0.190. The Morgan fingerprint density at radius 1 is 0.667 bits per heavy atom. The summed E-state index contributed by atoms with van der Waals surface area (Å²) in [6.07, 6.45) is -0.684. The molecule has 1 heterocycles. The molecule has 1 saturated heterocycles. The van der Waals surface area contributed by atoms with Crippen LogP contribution in [0.5, 0.6) is 0 Å². The average molecular weight is 582 g/mol. The van der Waals surface area contributed by atoms with Gasteiger partial charge in [0.1, 0.15) is 12.2 Å². The standard InChI is InChI=1S/C36H43NO4Si/c1-42(2,32-21-13-6-14-22-32)28-37-23-34(40-25-30-17-9-4-10-18-30)36(41-26-31-19-11-5-12-20-31)35(38)33(37)27-39-24-29-15-7-3-8-16-29/h3-22,33-36,38H,23-28H2,1-2H3/t33-,34+,35-,36-/m1/s1. The number of nitrogens with zero attached hydrogens (tertiary/aromatic N) is 1. The number of piperidine rings is 1. The molecule has 220 valence electrons. The van der Waals surface area contributed by atoms with Gasteiger partial charge in [-0.2, -0.15) is 0 Å². The fourth-order valence-electron chi connectivity index (χ4n) is 5.77. The minimum Gasteiger partial charge on any atom is -0.389 e. The van der Waals surface area contributed by atoms with E-state index in [0.717, 1.165) is 22.9 Å². The van der Waals surface area contributed by atoms with E-state index in [1.165, 1.54) is 5.19 Å². The molecule has 1 aliphatic heterocycles. The Morgan fingerprint density at radius 3 is 1.69 bits per heavy atom. The molecule has 42 heavy (non-hydrogen) atoms. The lowest BCUT2D eigenvalue weighted by Gasteiger charge is -2.48. The highest BCUT2D eigenvalue weighted by atomic mass is 28.3. The fraction of sp³-hybridized carbons (Fsp3) is 0.333. The smallest absolute Gasteiger partial charge is 0.113 e. The van der Waals surface area contributed by atoms with Crippen LogP contribution in [0.4, 0.5) is 0 Å². The molecule has 0 amide bonds. The van der Waals surface area contributed by atoms with Gasteiger partial charge in [0.15, 0.2) is 0 Å². The minimum absolute atomic E-state index is 0.221. The molecule has 5 nitrogen and oxygen atoms in total. The first-order chi connectivity index (χ1) is 20.5. The number of aliphatic hydroxyl groups excluding tert-OH is 1. The average Bonchev–Trinajstić information content (AvgIpc) is 3.03. The van der Waals surface area contributed by atoms with Gasteiger partial charge in [-0.25, -0.2) is 0 Å². The van der Waals surface area contributed by atoms with Gasteiger partial charge >= 0.3 is 0 Å². The number of benzene rings is 4. The molecule has 0 saturated carbocycles. The third kappa shape index (κ3) is 8.25. The summed E-state index contributed by atoms with van der Waals surface area (Å²) in [6, 6.07) is 41.1. The van der Waals surface area contributed by atoms with Crippen molar-refractivity contribution in [2.75, 3.05) is 19.3 Å². The topological polar surface area (TPSA) is 51.2 Å². The van der Waals surface area contributed by atoms with Gasteiger partial charge in [-0.1, -0.05) is 140 Å². The van der Waals surface area contributed by atoms with Crippen molar-refractivity contribution in [2.24, 2.45) is 0 Å². The Labute approximate surface area is 251 Å². The van der Waals surface area contributed by atoms with E-state index in [-0.39, 0.29) is 12.1 Å². The maximum atomic E-state index is 12.0. The fourth-order valence-corrected chi connectivity index (χ4v) is 8.43. The molecule has 0 bridgehead atoms. The lowest BCUT2D eigenvalue weighted by Crippen LogP contribution is -2.67. The van der Waals surface area contributed by atoms with Gasteiger partial charge in [-0.15, -0.1) is 0 Å². The number of hydrogen-bond acceptors (Lipinski definition) is 5. The van der Waals surface area contributed by atoms with Crippen LogP contribution < -0.4 is 5.19 Å². The number of hydrogen-bond donors (Lipinski definition) is 1. The molecule has 1 aliphatic rings. The lowest BCUT2D eigenvalue weighted by atomic mass is 9.94. The molecule has 0 unspecified atom stereocenters. The quantitative estimate of drug-likeness (QED) is 0.209. The third-order valence-electron chi connectivity index (χ3n) is 8.13. The summed E-state index contributed by atoms with van der Waals surface area (Å²) in [6.45, 7) is 7.24. The van der Waals surface area contributed by atoms with Crippen molar-refractivity contribution in [3.63, 3.8) is 0 Å². The highest BCUT2D eigenvalue weighted by molar-refractivity contribution is 6.90. The molecular weight excluding hydrogens is 538 g/mol. The summed E-state index contributed by atoms with van der Waals surface area (Å²) in [5.41, 5.74) is 3.30. The molecule has 6 heteroatoms. The van der Waals surface area contributed by atoms with Gasteiger partial charge < -0.3 is 19.3 Å². The van der Waals surface area contributed by atoms with Crippen LogP contribution >= 0.6 is 0 Å². The zero-order valence-corrected chi connectivity index (χ0v) is 25.7. The van der Waals surface area contributed by atoms with Gasteiger partial charge in [0.25, 0.3) is 0 Å². The zero-order valence-electron chi connectivity index (χ0n) is 24.7. The van der Waals surface area contributed by atoms with E-state index in [0.29, 0.717) is 33.0 Å². The van der Waals surface area contributed by atoms with Crippen molar-refractivity contribution in [3.05, 3.63) is 138 Å². The molecule has 0 spiro atoms. The normalized spacial score (nSPS) is 21.3. The third-order valence-corrected chi connectivity index (χ3v) is 11.2. The number of ether oxygens (including phenoxy) is 3. The van der Waals surface area contributed by atoms with E-state index in [1.807, 2.05) is 54.6 Å². The predicted octanol–water partition coefficient (Wildman–Crippen LogP) is 5.57. The second-order valence-electron chi connectivity index (χ2n) is 11.8. The summed E-state index contributed by atoms with van der Waals surface area (Å²) in [5.74, 6) is 0. The Kier molecular flexibility index (Phi) is 10.8.